The zero-order chi connectivity index (χ0) is 14.1. The second-order valence-electron chi connectivity index (χ2n) is 4.33. The van der Waals surface area contributed by atoms with E-state index >= 15 is 0 Å². The lowest BCUT2D eigenvalue weighted by molar-refractivity contribution is 0.386. The van der Waals surface area contributed by atoms with Crippen molar-refractivity contribution in [2.75, 3.05) is 32.3 Å². The number of benzene rings is 1. The highest BCUT2D eigenvalue weighted by Gasteiger charge is 2.11. The molecule has 1 aromatic rings. The Morgan fingerprint density at radius 3 is 2.68 bits per heavy atom. The van der Waals surface area contributed by atoms with Crippen molar-refractivity contribution in [2.45, 2.75) is 26.3 Å². The average molecular weight is 283 g/mol. The minimum atomic E-state index is 0.285. The summed E-state index contributed by atoms with van der Waals surface area (Å²) in [5.41, 5.74) is 1.17. The molecular formula is C15H25NO2S. The van der Waals surface area contributed by atoms with E-state index in [4.69, 9.17) is 9.47 Å². The van der Waals surface area contributed by atoms with Gasteiger partial charge in [-0.3, -0.25) is 0 Å². The lowest BCUT2D eigenvalue weighted by Gasteiger charge is -2.18. The van der Waals surface area contributed by atoms with E-state index in [1.54, 1.807) is 14.2 Å². The normalized spacial score (nSPS) is 12.2. The van der Waals surface area contributed by atoms with Crippen LogP contribution in [-0.4, -0.2) is 32.3 Å². The van der Waals surface area contributed by atoms with Crippen molar-refractivity contribution in [3.63, 3.8) is 0 Å². The number of hydrogen-bond acceptors (Lipinski definition) is 4. The van der Waals surface area contributed by atoms with Gasteiger partial charge in [-0.1, -0.05) is 13.0 Å². The third-order valence-corrected chi connectivity index (χ3v) is 4.01. The topological polar surface area (TPSA) is 30.5 Å². The minimum absolute atomic E-state index is 0.285. The lowest BCUT2D eigenvalue weighted by atomic mass is 10.1. The highest BCUT2D eigenvalue weighted by Crippen LogP contribution is 2.29. The molecule has 1 aromatic carbocycles. The van der Waals surface area contributed by atoms with E-state index in [1.807, 2.05) is 23.9 Å². The van der Waals surface area contributed by atoms with Gasteiger partial charge in [0.25, 0.3) is 0 Å². The monoisotopic (exact) mass is 283 g/mol. The van der Waals surface area contributed by atoms with Crippen molar-refractivity contribution in [3.05, 3.63) is 23.8 Å². The molecule has 0 aliphatic rings. The Hall–Kier alpha value is -0.870. The van der Waals surface area contributed by atoms with Gasteiger partial charge in [0.15, 0.2) is 0 Å². The van der Waals surface area contributed by atoms with Crippen molar-refractivity contribution in [2.24, 2.45) is 0 Å². The second-order valence-corrected chi connectivity index (χ2v) is 5.73. The zero-order valence-electron chi connectivity index (χ0n) is 12.4. The molecule has 0 aliphatic carbocycles. The first-order valence-corrected chi connectivity index (χ1v) is 7.91. The molecule has 0 spiro atoms. The van der Waals surface area contributed by atoms with Crippen LogP contribution in [0.25, 0.3) is 0 Å². The van der Waals surface area contributed by atoms with Gasteiger partial charge in [-0.2, -0.15) is 11.8 Å². The summed E-state index contributed by atoms with van der Waals surface area (Å²) in [6, 6.07) is 6.26. The average Bonchev–Trinajstić information content (AvgIpc) is 2.46. The number of ether oxygens (including phenoxy) is 2. The standard InChI is InChI=1S/C15H25NO2S/c1-5-19-10-6-9-16-12(2)14-8-7-13(17-3)11-15(14)18-4/h7-8,11-12,16H,5-6,9-10H2,1-4H3. The smallest absolute Gasteiger partial charge is 0.127 e. The first kappa shape index (κ1) is 16.2. The summed E-state index contributed by atoms with van der Waals surface area (Å²) >= 11 is 1.99. The molecule has 0 fully saturated rings. The molecule has 1 atom stereocenters. The molecule has 19 heavy (non-hydrogen) atoms. The molecule has 4 heteroatoms. The van der Waals surface area contributed by atoms with Crippen LogP contribution in [0.5, 0.6) is 11.5 Å². The molecule has 108 valence electrons. The first-order valence-electron chi connectivity index (χ1n) is 6.76. The van der Waals surface area contributed by atoms with Crippen LogP contribution in [0.4, 0.5) is 0 Å². The Morgan fingerprint density at radius 1 is 1.26 bits per heavy atom. The summed E-state index contributed by atoms with van der Waals surface area (Å²) in [5, 5.41) is 3.54. The Bertz CT molecular complexity index is 371. The fraction of sp³-hybridized carbons (Fsp3) is 0.600. The van der Waals surface area contributed by atoms with Crippen molar-refractivity contribution < 1.29 is 9.47 Å². The Balaban J connectivity index is 2.53. The van der Waals surface area contributed by atoms with E-state index in [0.29, 0.717) is 0 Å². The van der Waals surface area contributed by atoms with Crippen LogP contribution in [0.3, 0.4) is 0 Å². The zero-order valence-corrected chi connectivity index (χ0v) is 13.2. The van der Waals surface area contributed by atoms with E-state index in [2.05, 4.69) is 25.2 Å². The molecule has 0 saturated carbocycles. The van der Waals surface area contributed by atoms with E-state index in [0.717, 1.165) is 18.0 Å². The van der Waals surface area contributed by atoms with Gasteiger partial charge in [0.1, 0.15) is 11.5 Å². The van der Waals surface area contributed by atoms with Gasteiger partial charge in [0, 0.05) is 17.7 Å². The lowest BCUT2D eigenvalue weighted by Crippen LogP contribution is -2.20. The third kappa shape index (κ3) is 5.33. The van der Waals surface area contributed by atoms with Crippen molar-refractivity contribution >= 4 is 11.8 Å². The second kappa shape index (κ2) is 9.10. The van der Waals surface area contributed by atoms with Gasteiger partial charge in [-0.15, -0.1) is 0 Å². The van der Waals surface area contributed by atoms with Gasteiger partial charge in [-0.05, 0) is 37.5 Å². The largest absolute Gasteiger partial charge is 0.497 e. The van der Waals surface area contributed by atoms with Gasteiger partial charge >= 0.3 is 0 Å². The van der Waals surface area contributed by atoms with Crippen molar-refractivity contribution in [3.8, 4) is 11.5 Å². The molecular weight excluding hydrogens is 258 g/mol. The van der Waals surface area contributed by atoms with Crippen LogP contribution in [-0.2, 0) is 0 Å². The number of methoxy groups -OCH3 is 2. The predicted octanol–water partition coefficient (Wildman–Crippen LogP) is 3.50. The first-order chi connectivity index (χ1) is 9.22. The minimum Gasteiger partial charge on any atom is -0.497 e. The molecule has 0 heterocycles. The van der Waals surface area contributed by atoms with Crippen LogP contribution >= 0.6 is 11.8 Å². The quantitative estimate of drug-likeness (QED) is 0.703. The maximum absolute atomic E-state index is 5.43. The Morgan fingerprint density at radius 2 is 2.05 bits per heavy atom. The molecule has 0 aromatic heterocycles. The molecule has 1 N–H and O–H groups in total. The fourth-order valence-corrected chi connectivity index (χ4v) is 2.56. The van der Waals surface area contributed by atoms with E-state index in [9.17, 15) is 0 Å². The van der Waals surface area contributed by atoms with E-state index in [-0.39, 0.29) is 6.04 Å². The predicted molar refractivity (Wildman–Crippen MR) is 83.6 cm³/mol. The fourth-order valence-electron chi connectivity index (χ4n) is 1.92. The van der Waals surface area contributed by atoms with E-state index < -0.39 is 0 Å². The number of thioether (sulfide) groups is 1. The van der Waals surface area contributed by atoms with Crippen LogP contribution in [0.15, 0.2) is 18.2 Å². The molecule has 1 unspecified atom stereocenters. The Labute approximate surface area is 121 Å². The molecule has 0 bridgehead atoms. The molecule has 0 aliphatic heterocycles. The summed E-state index contributed by atoms with van der Waals surface area (Å²) in [6.45, 7) is 5.39. The number of rotatable bonds is 9. The third-order valence-electron chi connectivity index (χ3n) is 3.03. The van der Waals surface area contributed by atoms with Crippen molar-refractivity contribution in [1.82, 2.24) is 5.32 Å². The van der Waals surface area contributed by atoms with Gasteiger partial charge in [0.05, 0.1) is 14.2 Å². The molecule has 0 amide bonds. The number of nitrogens with one attached hydrogen (secondary N) is 1. The molecule has 3 nitrogen and oxygen atoms in total. The van der Waals surface area contributed by atoms with Gasteiger partial charge in [-0.25, -0.2) is 0 Å². The Kier molecular flexibility index (Phi) is 7.75. The maximum Gasteiger partial charge on any atom is 0.127 e. The summed E-state index contributed by atoms with van der Waals surface area (Å²) < 4.78 is 10.6. The molecule has 0 radical (unpaired) electrons. The summed E-state index contributed by atoms with van der Waals surface area (Å²) in [4.78, 5) is 0. The highest BCUT2D eigenvalue weighted by atomic mass is 32.2. The summed E-state index contributed by atoms with van der Waals surface area (Å²) in [6.07, 6.45) is 1.20. The SMILES string of the molecule is CCSCCCNC(C)c1ccc(OC)cc1OC. The molecule has 0 saturated heterocycles. The van der Waals surface area contributed by atoms with Crippen LogP contribution in [0.1, 0.15) is 31.9 Å². The molecule has 1 rings (SSSR count). The number of hydrogen-bond donors (Lipinski definition) is 1. The summed E-state index contributed by atoms with van der Waals surface area (Å²) in [5.74, 6) is 4.12. The highest BCUT2D eigenvalue weighted by molar-refractivity contribution is 7.99. The summed E-state index contributed by atoms with van der Waals surface area (Å²) in [7, 11) is 3.37. The van der Waals surface area contributed by atoms with Crippen LogP contribution in [0.2, 0.25) is 0 Å². The van der Waals surface area contributed by atoms with Crippen LogP contribution < -0.4 is 14.8 Å². The van der Waals surface area contributed by atoms with Gasteiger partial charge in [0.2, 0.25) is 0 Å². The van der Waals surface area contributed by atoms with Crippen molar-refractivity contribution in [1.29, 1.82) is 0 Å². The van der Waals surface area contributed by atoms with E-state index in [1.165, 1.54) is 23.5 Å². The van der Waals surface area contributed by atoms with Crippen LogP contribution in [0, 0.1) is 0 Å². The van der Waals surface area contributed by atoms with Gasteiger partial charge < -0.3 is 14.8 Å². The maximum atomic E-state index is 5.43.